The van der Waals surface area contributed by atoms with Gasteiger partial charge in [0.2, 0.25) is 5.91 Å². The Kier molecular flexibility index (Phi) is 4.70. The fourth-order valence-electron chi connectivity index (χ4n) is 1.88. The smallest absolute Gasteiger partial charge is 0.238 e. The second-order valence-electron chi connectivity index (χ2n) is 4.79. The fourth-order valence-corrected chi connectivity index (χ4v) is 2.43. The molecule has 1 amide bonds. The van der Waals surface area contributed by atoms with E-state index < -0.39 is 0 Å². The molecule has 2 rings (SSSR count). The number of likely N-dealkylation sites (N-methyl/N-ethyl adjacent to an activating group) is 1. The number of nitrogen functional groups attached to an aromatic ring is 1. The number of carbonyl (C=O) groups excluding carboxylic acids is 1. The predicted octanol–water partition coefficient (Wildman–Crippen LogP) is 2.10. The van der Waals surface area contributed by atoms with Gasteiger partial charge in [0.15, 0.2) is 0 Å². The molecule has 6 heteroatoms. The predicted molar refractivity (Wildman–Crippen MR) is 82.7 cm³/mol. The van der Waals surface area contributed by atoms with E-state index in [0.29, 0.717) is 24.5 Å². The van der Waals surface area contributed by atoms with Gasteiger partial charge in [-0.1, -0.05) is 6.07 Å². The highest BCUT2D eigenvalue weighted by Gasteiger charge is 2.09. The van der Waals surface area contributed by atoms with Gasteiger partial charge in [-0.05, 0) is 31.7 Å². The van der Waals surface area contributed by atoms with Crippen LogP contribution in [0.4, 0.5) is 11.4 Å². The first kappa shape index (κ1) is 14.5. The van der Waals surface area contributed by atoms with Crippen LogP contribution in [0.1, 0.15) is 11.3 Å². The summed E-state index contributed by atoms with van der Waals surface area (Å²) in [4.78, 5) is 18.1. The highest BCUT2D eigenvalue weighted by molar-refractivity contribution is 7.07. The number of aromatic nitrogens is 1. The lowest BCUT2D eigenvalue weighted by Crippen LogP contribution is -2.30. The summed E-state index contributed by atoms with van der Waals surface area (Å²) in [5.41, 5.74) is 10.9. The quantitative estimate of drug-likeness (QED) is 0.827. The van der Waals surface area contributed by atoms with E-state index >= 15 is 0 Å². The van der Waals surface area contributed by atoms with Gasteiger partial charge in [-0.25, -0.2) is 4.98 Å². The molecule has 0 spiro atoms. The van der Waals surface area contributed by atoms with E-state index in [0.717, 1.165) is 11.3 Å². The van der Waals surface area contributed by atoms with Crippen molar-refractivity contribution in [2.45, 2.75) is 13.5 Å². The van der Waals surface area contributed by atoms with Crippen molar-refractivity contribution in [1.82, 2.24) is 9.88 Å². The Balaban J connectivity index is 1.88. The summed E-state index contributed by atoms with van der Waals surface area (Å²) in [6, 6.07) is 5.59. The number of amides is 1. The Morgan fingerprint density at radius 2 is 2.30 bits per heavy atom. The number of carbonyl (C=O) groups is 1. The molecule has 0 saturated carbocycles. The summed E-state index contributed by atoms with van der Waals surface area (Å²) < 4.78 is 0. The van der Waals surface area contributed by atoms with E-state index in [1.165, 1.54) is 0 Å². The SMILES string of the molecule is Cc1ccc(NC(=O)CN(C)Cc2cscn2)c(N)c1. The monoisotopic (exact) mass is 290 g/mol. The van der Waals surface area contributed by atoms with E-state index in [1.807, 2.05) is 42.5 Å². The van der Waals surface area contributed by atoms with E-state index in [9.17, 15) is 4.79 Å². The van der Waals surface area contributed by atoms with Crippen molar-refractivity contribution < 1.29 is 4.79 Å². The molecule has 0 aliphatic carbocycles. The zero-order valence-corrected chi connectivity index (χ0v) is 12.4. The maximum atomic E-state index is 12.0. The van der Waals surface area contributed by atoms with Crippen molar-refractivity contribution in [2.24, 2.45) is 0 Å². The van der Waals surface area contributed by atoms with Crippen LogP contribution < -0.4 is 11.1 Å². The number of hydrogen-bond donors (Lipinski definition) is 2. The fraction of sp³-hybridized carbons (Fsp3) is 0.286. The molecule has 0 aliphatic rings. The van der Waals surface area contributed by atoms with E-state index in [1.54, 1.807) is 16.8 Å². The molecular weight excluding hydrogens is 272 g/mol. The normalized spacial score (nSPS) is 10.8. The maximum Gasteiger partial charge on any atom is 0.238 e. The topological polar surface area (TPSA) is 71.2 Å². The van der Waals surface area contributed by atoms with Gasteiger partial charge in [0, 0.05) is 11.9 Å². The molecule has 1 aromatic carbocycles. The average Bonchev–Trinajstić information content (AvgIpc) is 2.85. The van der Waals surface area contributed by atoms with Crippen LogP contribution in [0.2, 0.25) is 0 Å². The number of rotatable bonds is 5. The number of anilines is 2. The standard InChI is InChI=1S/C14H18N4OS/c1-10-3-4-13(12(15)5-10)17-14(19)7-18(2)6-11-8-20-9-16-11/h3-5,8-9H,6-7,15H2,1-2H3,(H,17,19). The highest BCUT2D eigenvalue weighted by atomic mass is 32.1. The number of nitrogens with zero attached hydrogens (tertiary/aromatic N) is 2. The minimum absolute atomic E-state index is 0.0849. The summed E-state index contributed by atoms with van der Waals surface area (Å²) in [6.07, 6.45) is 0. The zero-order chi connectivity index (χ0) is 14.5. The molecule has 0 atom stereocenters. The van der Waals surface area contributed by atoms with Crippen molar-refractivity contribution in [3.63, 3.8) is 0 Å². The molecular formula is C14H18N4OS. The summed E-state index contributed by atoms with van der Waals surface area (Å²) in [5, 5.41) is 4.80. The number of hydrogen-bond acceptors (Lipinski definition) is 5. The Morgan fingerprint density at radius 1 is 1.50 bits per heavy atom. The van der Waals surface area contributed by atoms with Crippen LogP contribution >= 0.6 is 11.3 Å². The Morgan fingerprint density at radius 3 is 2.95 bits per heavy atom. The van der Waals surface area contributed by atoms with Crippen molar-refractivity contribution in [3.05, 3.63) is 40.3 Å². The molecule has 20 heavy (non-hydrogen) atoms. The minimum atomic E-state index is -0.0849. The first-order valence-electron chi connectivity index (χ1n) is 6.26. The molecule has 0 unspecified atom stereocenters. The molecule has 0 radical (unpaired) electrons. The Labute approximate surface area is 122 Å². The van der Waals surface area contributed by atoms with Gasteiger partial charge >= 0.3 is 0 Å². The van der Waals surface area contributed by atoms with Crippen LogP contribution in [0, 0.1) is 6.92 Å². The third-order valence-electron chi connectivity index (χ3n) is 2.81. The molecule has 1 heterocycles. The zero-order valence-electron chi connectivity index (χ0n) is 11.6. The van der Waals surface area contributed by atoms with Crippen molar-refractivity contribution >= 4 is 28.6 Å². The third kappa shape index (κ3) is 4.04. The van der Waals surface area contributed by atoms with Crippen LogP contribution in [0.15, 0.2) is 29.1 Å². The largest absolute Gasteiger partial charge is 0.397 e. The second kappa shape index (κ2) is 6.49. The molecule has 106 valence electrons. The van der Waals surface area contributed by atoms with Crippen LogP contribution in [-0.2, 0) is 11.3 Å². The first-order chi connectivity index (χ1) is 9.54. The van der Waals surface area contributed by atoms with Gasteiger partial charge in [0.05, 0.1) is 29.1 Å². The number of nitrogens with one attached hydrogen (secondary N) is 1. The van der Waals surface area contributed by atoms with Gasteiger partial charge < -0.3 is 11.1 Å². The lowest BCUT2D eigenvalue weighted by molar-refractivity contribution is -0.117. The summed E-state index contributed by atoms with van der Waals surface area (Å²) in [5.74, 6) is -0.0849. The number of benzene rings is 1. The summed E-state index contributed by atoms with van der Waals surface area (Å²) in [6.45, 7) is 2.91. The van der Waals surface area contributed by atoms with Crippen molar-refractivity contribution in [1.29, 1.82) is 0 Å². The van der Waals surface area contributed by atoms with Crippen molar-refractivity contribution in [2.75, 3.05) is 24.6 Å². The van der Waals surface area contributed by atoms with E-state index in [4.69, 9.17) is 5.73 Å². The van der Waals surface area contributed by atoms with E-state index in [2.05, 4.69) is 10.3 Å². The molecule has 0 fully saturated rings. The molecule has 0 aliphatic heterocycles. The summed E-state index contributed by atoms with van der Waals surface area (Å²) >= 11 is 1.55. The number of nitrogens with two attached hydrogens (primary N) is 1. The molecule has 0 bridgehead atoms. The van der Waals surface area contributed by atoms with Gasteiger partial charge in [-0.3, -0.25) is 9.69 Å². The highest BCUT2D eigenvalue weighted by Crippen LogP contribution is 2.19. The van der Waals surface area contributed by atoms with Gasteiger partial charge in [0.25, 0.3) is 0 Å². The van der Waals surface area contributed by atoms with E-state index in [-0.39, 0.29) is 5.91 Å². The third-order valence-corrected chi connectivity index (χ3v) is 3.45. The lowest BCUT2D eigenvalue weighted by atomic mass is 10.2. The van der Waals surface area contributed by atoms with Gasteiger partial charge in [-0.2, -0.15) is 0 Å². The average molecular weight is 290 g/mol. The van der Waals surface area contributed by atoms with Crippen LogP contribution in [-0.4, -0.2) is 29.4 Å². The van der Waals surface area contributed by atoms with Crippen LogP contribution in [0.25, 0.3) is 0 Å². The summed E-state index contributed by atoms with van der Waals surface area (Å²) in [7, 11) is 1.89. The number of aryl methyl sites for hydroxylation is 1. The molecule has 5 nitrogen and oxygen atoms in total. The Hall–Kier alpha value is -1.92. The molecule has 2 aromatic rings. The Bertz CT molecular complexity index is 583. The molecule has 0 saturated heterocycles. The molecule has 1 aromatic heterocycles. The minimum Gasteiger partial charge on any atom is -0.397 e. The van der Waals surface area contributed by atoms with Crippen LogP contribution in [0.5, 0.6) is 0 Å². The van der Waals surface area contributed by atoms with Crippen molar-refractivity contribution in [3.8, 4) is 0 Å². The second-order valence-corrected chi connectivity index (χ2v) is 5.51. The van der Waals surface area contributed by atoms with Gasteiger partial charge in [0.1, 0.15) is 0 Å². The first-order valence-corrected chi connectivity index (χ1v) is 7.20. The lowest BCUT2D eigenvalue weighted by Gasteiger charge is -2.15. The number of thiazole rings is 1. The maximum absolute atomic E-state index is 12.0. The molecule has 3 N–H and O–H groups in total. The van der Waals surface area contributed by atoms with Gasteiger partial charge in [-0.15, -0.1) is 11.3 Å². The van der Waals surface area contributed by atoms with Crippen LogP contribution in [0.3, 0.4) is 0 Å².